The van der Waals surface area contributed by atoms with Crippen LogP contribution < -0.4 is 10.1 Å². The van der Waals surface area contributed by atoms with Crippen molar-refractivity contribution in [1.82, 2.24) is 10.2 Å². The number of nitrogens with zero attached hydrogens (tertiary/aromatic N) is 1. The van der Waals surface area contributed by atoms with E-state index in [1.165, 1.54) is 37.1 Å². The molecular formula is C17H26N2O. The molecule has 3 rings (SSSR count). The van der Waals surface area contributed by atoms with Crippen LogP contribution in [0.4, 0.5) is 0 Å². The topological polar surface area (TPSA) is 24.5 Å². The summed E-state index contributed by atoms with van der Waals surface area (Å²) in [5.74, 6) is 1.08. The van der Waals surface area contributed by atoms with Crippen LogP contribution in [0.25, 0.3) is 0 Å². The summed E-state index contributed by atoms with van der Waals surface area (Å²) >= 11 is 0. The molecule has 0 aromatic heterocycles. The fourth-order valence-electron chi connectivity index (χ4n) is 3.52. The predicted octanol–water partition coefficient (Wildman–Crippen LogP) is 2.37. The van der Waals surface area contributed by atoms with Crippen molar-refractivity contribution in [3.63, 3.8) is 0 Å². The number of hydrogen-bond donors (Lipinski definition) is 1. The van der Waals surface area contributed by atoms with E-state index in [1.54, 1.807) is 0 Å². The Bertz CT molecular complexity index is 460. The number of hydrogen-bond acceptors (Lipinski definition) is 3. The minimum Gasteiger partial charge on any atom is -0.488 e. The number of ether oxygens (including phenoxy) is 1. The van der Waals surface area contributed by atoms with Gasteiger partial charge in [-0.2, -0.15) is 0 Å². The Balaban J connectivity index is 1.45. The normalized spacial score (nSPS) is 25.7. The molecule has 0 amide bonds. The molecule has 1 saturated heterocycles. The van der Waals surface area contributed by atoms with Crippen LogP contribution in [0.15, 0.2) is 18.2 Å². The molecular weight excluding hydrogens is 248 g/mol. The average Bonchev–Trinajstić information content (AvgIpc) is 3.04. The van der Waals surface area contributed by atoms with Crippen LogP contribution in [-0.2, 0) is 6.42 Å². The number of likely N-dealkylation sites (N-methyl/N-ethyl adjacent to an activating group) is 1. The zero-order valence-electron chi connectivity index (χ0n) is 12.7. The lowest BCUT2D eigenvalue weighted by Crippen LogP contribution is -2.41. The molecule has 1 N–H and O–H groups in total. The summed E-state index contributed by atoms with van der Waals surface area (Å²) in [5, 5.41) is 3.62. The molecule has 2 atom stereocenters. The van der Waals surface area contributed by atoms with Crippen LogP contribution in [0.1, 0.15) is 30.9 Å². The Kier molecular flexibility index (Phi) is 4.27. The molecule has 20 heavy (non-hydrogen) atoms. The van der Waals surface area contributed by atoms with E-state index in [-0.39, 0.29) is 0 Å². The second-order valence-corrected chi connectivity index (χ2v) is 6.14. The van der Waals surface area contributed by atoms with Gasteiger partial charge in [0.25, 0.3) is 0 Å². The number of fused-ring (bicyclic) bond motifs is 1. The Morgan fingerprint density at radius 3 is 3.10 bits per heavy atom. The first-order valence-electron chi connectivity index (χ1n) is 7.97. The molecule has 110 valence electrons. The maximum atomic E-state index is 6.00. The molecule has 3 heteroatoms. The summed E-state index contributed by atoms with van der Waals surface area (Å²) in [6.07, 6.45) is 4.05. The van der Waals surface area contributed by atoms with Crippen LogP contribution in [-0.4, -0.2) is 43.2 Å². The van der Waals surface area contributed by atoms with Crippen molar-refractivity contribution in [2.75, 3.05) is 26.2 Å². The van der Waals surface area contributed by atoms with Crippen LogP contribution in [0.5, 0.6) is 5.75 Å². The zero-order chi connectivity index (χ0) is 13.9. The van der Waals surface area contributed by atoms with E-state index in [0.29, 0.717) is 6.10 Å². The largest absolute Gasteiger partial charge is 0.488 e. The average molecular weight is 274 g/mol. The van der Waals surface area contributed by atoms with Gasteiger partial charge in [0.05, 0.1) is 0 Å². The summed E-state index contributed by atoms with van der Waals surface area (Å²) in [7, 11) is 0. The summed E-state index contributed by atoms with van der Waals surface area (Å²) in [4.78, 5) is 2.58. The van der Waals surface area contributed by atoms with Crippen molar-refractivity contribution in [3.05, 3.63) is 29.3 Å². The number of nitrogens with one attached hydrogen (secondary N) is 1. The van der Waals surface area contributed by atoms with Gasteiger partial charge < -0.3 is 10.1 Å². The Morgan fingerprint density at radius 1 is 1.35 bits per heavy atom. The fourth-order valence-corrected chi connectivity index (χ4v) is 3.52. The van der Waals surface area contributed by atoms with Crippen molar-refractivity contribution in [1.29, 1.82) is 0 Å². The van der Waals surface area contributed by atoms with Crippen molar-refractivity contribution in [2.45, 2.75) is 45.3 Å². The number of benzene rings is 1. The summed E-state index contributed by atoms with van der Waals surface area (Å²) in [5.41, 5.74) is 2.69. The van der Waals surface area contributed by atoms with Gasteiger partial charge in [-0.1, -0.05) is 24.6 Å². The van der Waals surface area contributed by atoms with Crippen molar-refractivity contribution >= 4 is 0 Å². The molecule has 1 fully saturated rings. The number of aryl methyl sites for hydroxylation is 1. The summed E-state index contributed by atoms with van der Waals surface area (Å²) < 4.78 is 6.00. The van der Waals surface area contributed by atoms with Gasteiger partial charge in [-0.25, -0.2) is 0 Å². The maximum Gasteiger partial charge on any atom is 0.123 e. The molecule has 0 saturated carbocycles. The van der Waals surface area contributed by atoms with Gasteiger partial charge in [-0.15, -0.1) is 0 Å². The van der Waals surface area contributed by atoms with Crippen molar-refractivity contribution in [2.24, 2.45) is 0 Å². The van der Waals surface area contributed by atoms with Crippen molar-refractivity contribution < 1.29 is 4.74 Å². The Hall–Kier alpha value is -1.06. The van der Waals surface area contributed by atoms with E-state index < -0.39 is 0 Å². The van der Waals surface area contributed by atoms with Gasteiger partial charge in [-0.05, 0) is 44.5 Å². The van der Waals surface area contributed by atoms with Gasteiger partial charge in [0.1, 0.15) is 11.9 Å². The molecule has 1 aromatic rings. The van der Waals surface area contributed by atoms with E-state index >= 15 is 0 Å². The van der Waals surface area contributed by atoms with Crippen LogP contribution in [0, 0.1) is 6.92 Å². The van der Waals surface area contributed by atoms with E-state index in [0.717, 1.165) is 31.3 Å². The Labute approximate surface area is 122 Å². The molecule has 2 aliphatic rings. The number of rotatable bonds is 5. The zero-order valence-corrected chi connectivity index (χ0v) is 12.7. The van der Waals surface area contributed by atoms with Crippen molar-refractivity contribution in [3.8, 4) is 5.75 Å². The minimum atomic E-state index is 0.309. The monoisotopic (exact) mass is 274 g/mol. The smallest absolute Gasteiger partial charge is 0.123 e. The van der Waals surface area contributed by atoms with Gasteiger partial charge in [0.15, 0.2) is 0 Å². The first-order valence-corrected chi connectivity index (χ1v) is 7.97. The van der Waals surface area contributed by atoms with Gasteiger partial charge in [-0.3, -0.25) is 4.90 Å². The summed E-state index contributed by atoms with van der Waals surface area (Å²) in [6, 6.07) is 7.23. The van der Waals surface area contributed by atoms with Crippen LogP contribution >= 0.6 is 0 Å². The lowest BCUT2D eigenvalue weighted by atomic mass is 10.1. The highest BCUT2D eigenvalue weighted by atomic mass is 16.5. The molecule has 0 aliphatic carbocycles. The summed E-state index contributed by atoms with van der Waals surface area (Å²) in [6.45, 7) is 8.91. The van der Waals surface area contributed by atoms with E-state index in [4.69, 9.17) is 4.74 Å². The third-order valence-electron chi connectivity index (χ3n) is 4.61. The highest BCUT2D eigenvalue weighted by molar-refractivity contribution is 5.40. The first kappa shape index (κ1) is 13.9. The molecule has 2 aliphatic heterocycles. The molecule has 0 radical (unpaired) electrons. The SMILES string of the molecule is CCN1CCCC1CNCC1Cc2cc(C)ccc2O1. The van der Waals surface area contributed by atoms with E-state index in [2.05, 4.69) is 42.3 Å². The highest BCUT2D eigenvalue weighted by Gasteiger charge is 2.25. The van der Waals surface area contributed by atoms with E-state index in [1.807, 2.05) is 0 Å². The lowest BCUT2D eigenvalue weighted by molar-refractivity contribution is 0.213. The van der Waals surface area contributed by atoms with Gasteiger partial charge >= 0.3 is 0 Å². The molecule has 1 aromatic carbocycles. The third kappa shape index (κ3) is 2.99. The fraction of sp³-hybridized carbons (Fsp3) is 0.647. The quantitative estimate of drug-likeness (QED) is 0.892. The first-order chi connectivity index (χ1) is 9.76. The highest BCUT2D eigenvalue weighted by Crippen LogP contribution is 2.29. The van der Waals surface area contributed by atoms with E-state index in [9.17, 15) is 0 Å². The van der Waals surface area contributed by atoms with Gasteiger partial charge in [0.2, 0.25) is 0 Å². The van der Waals surface area contributed by atoms with Gasteiger partial charge in [0, 0.05) is 25.6 Å². The second-order valence-electron chi connectivity index (χ2n) is 6.14. The third-order valence-corrected chi connectivity index (χ3v) is 4.61. The molecule has 3 nitrogen and oxygen atoms in total. The Morgan fingerprint density at radius 2 is 2.25 bits per heavy atom. The second kappa shape index (κ2) is 6.15. The van der Waals surface area contributed by atoms with Crippen LogP contribution in [0.2, 0.25) is 0 Å². The maximum absolute atomic E-state index is 6.00. The molecule has 0 bridgehead atoms. The number of likely N-dealkylation sites (tertiary alicyclic amines) is 1. The minimum absolute atomic E-state index is 0.309. The standard InChI is InChI=1S/C17H26N2O/c1-3-19-8-4-5-15(19)11-18-12-16-10-14-9-13(2)6-7-17(14)20-16/h6-7,9,15-16,18H,3-5,8,10-12H2,1-2H3. The molecule has 2 heterocycles. The lowest BCUT2D eigenvalue weighted by Gasteiger charge is -2.23. The predicted molar refractivity (Wildman–Crippen MR) is 82.4 cm³/mol. The molecule has 0 spiro atoms. The van der Waals surface area contributed by atoms with Crippen LogP contribution in [0.3, 0.4) is 0 Å². The molecule has 2 unspecified atom stereocenters.